The number of carbonyl (C=O) groups excluding carboxylic acids is 1. The minimum Gasteiger partial charge on any atom is -0.377 e. The van der Waals surface area contributed by atoms with Crippen molar-refractivity contribution in [3.8, 4) is 0 Å². The molecule has 0 saturated carbocycles. The lowest BCUT2D eigenvalue weighted by atomic mass is 10.1. The fourth-order valence-electron chi connectivity index (χ4n) is 3.74. The zero-order valence-electron chi connectivity index (χ0n) is 18.2. The third-order valence-corrected chi connectivity index (χ3v) is 5.26. The highest BCUT2D eigenvalue weighted by molar-refractivity contribution is 5.80. The van der Waals surface area contributed by atoms with Crippen molar-refractivity contribution in [3.05, 3.63) is 45.4 Å². The summed E-state index contributed by atoms with van der Waals surface area (Å²) in [6, 6.07) is 0.808. The van der Waals surface area contributed by atoms with Gasteiger partial charge in [0.25, 0.3) is 11.1 Å². The minimum absolute atomic E-state index is 0.0537. The first-order chi connectivity index (χ1) is 15.6. The molecule has 0 radical (unpaired) electrons. The third kappa shape index (κ3) is 5.97. The van der Waals surface area contributed by atoms with E-state index in [0.29, 0.717) is 25.6 Å². The average molecular weight is 470 g/mol. The van der Waals surface area contributed by atoms with Crippen molar-refractivity contribution < 1.29 is 22.7 Å². The second-order valence-electron chi connectivity index (χ2n) is 7.80. The summed E-state index contributed by atoms with van der Waals surface area (Å²) < 4.78 is 46.9. The van der Waals surface area contributed by atoms with Crippen LogP contribution in [0.5, 0.6) is 0 Å². The normalized spacial score (nSPS) is 20.5. The molecule has 0 aliphatic carbocycles. The van der Waals surface area contributed by atoms with Crippen molar-refractivity contribution in [2.45, 2.75) is 45.1 Å². The van der Waals surface area contributed by atoms with E-state index in [-0.39, 0.29) is 30.5 Å². The summed E-state index contributed by atoms with van der Waals surface area (Å²) in [7, 11) is 0. The van der Waals surface area contributed by atoms with Crippen molar-refractivity contribution in [1.82, 2.24) is 19.5 Å². The summed E-state index contributed by atoms with van der Waals surface area (Å²) in [5, 5.41) is 0. The molecular formula is C20H25F3N6O4. The fraction of sp³-hybridized carbons (Fsp3) is 0.550. The van der Waals surface area contributed by atoms with Gasteiger partial charge in [-0.05, 0) is 20.3 Å². The highest BCUT2D eigenvalue weighted by atomic mass is 19.4. The molecule has 1 N–H and O–H groups in total. The lowest BCUT2D eigenvalue weighted by Gasteiger charge is -2.40. The number of nitrogens with zero attached hydrogens (tertiary/aromatic N) is 5. The number of nitrogens with one attached hydrogen (secondary N) is 1. The van der Waals surface area contributed by atoms with Crippen LogP contribution in [0.25, 0.3) is 0 Å². The van der Waals surface area contributed by atoms with Gasteiger partial charge in [0.05, 0.1) is 32.1 Å². The van der Waals surface area contributed by atoms with Gasteiger partial charge in [-0.2, -0.15) is 18.2 Å². The van der Waals surface area contributed by atoms with Gasteiger partial charge in [-0.1, -0.05) is 0 Å². The summed E-state index contributed by atoms with van der Waals surface area (Å²) in [4.78, 5) is 47.3. The number of ether oxygens (including phenoxy) is 1. The van der Waals surface area contributed by atoms with Crippen molar-refractivity contribution >= 4 is 17.5 Å². The number of aromatic nitrogens is 4. The molecule has 13 heteroatoms. The number of anilines is 2. The summed E-state index contributed by atoms with van der Waals surface area (Å²) in [5.41, 5.74) is -0.534. The van der Waals surface area contributed by atoms with E-state index >= 15 is 0 Å². The van der Waals surface area contributed by atoms with E-state index in [1.165, 1.54) is 36.1 Å². The second-order valence-corrected chi connectivity index (χ2v) is 7.80. The Balaban J connectivity index is 0.000000374. The highest BCUT2D eigenvalue weighted by Crippen LogP contribution is 2.34. The molecule has 0 bridgehead atoms. The first kappa shape index (κ1) is 24.4. The van der Waals surface area contributed by atoms with Crippen LogP contribution in [0.1, 0.15) is 20.3 Å². The second kappa shape index (κ2) is 10.1. The van der Waals surface area contributed by atoms with Crippen molar-refractivity contribution in [2.75, 3.05) is 36.1 Å². The Labute approximate surface area is 187 Å². The van der Waals surface area contributed by atoms with Crippen LogP contribution in [-0.2, 0) is 16.1 Å². The van der Waals surface area contributed by atoms with Gasteiger partial charge >= 0.3 is 6.18 Å². The smallest absolute Gasteiger partial charge is 0.377 e. The number of halogens is 3. The maximum Gasteiger partial charge on any atom is 0.408 e. The van der Waals surface area contributed by atoms with E-state index in [1.54, 1.807) is 0 Å². The monoisotopic (exact) mass is 470 g/mol. The molecule has 4 rings (SSSR count). The summed E-state index contributed by atoms with van der Waals surface area (Å²) in [6.07, 6.45) is -2.01. The Bertz CT molecular complexity index is 1070. The van der Waals surface area contributed by atoms with E-state index < -0.39 is 30.1 Å². The Kier molecular flexibility index (Phi) is 7.51. The van der Waals surface area contributed by atoms with Crippen LogP contribution >= 0.6 is 0 Å². The van der Waals surface area contributed by atoms with E-state index in [0.717, 1.165) is 4.90 Å². The number of morpholine rings is 1. The summed E-state index contributed by atoms with van der Waals surface area (Å²) >= 11 is 0. The van der Waals surface area contributed by atoms with Crippen LogP contribution in [0.15, 0.2) is 34.2 Å². The number of Topliss-reactive ketones (excluding diaryl/α,β-unsaturated/α-hetero) is 1. The number of hydrogen-bond acceptors (Lipinski definition) is 8. The maximum absolute atomic E-state index is 13.5. The SMILES string of the molecule is CC(=O)CN1c2nc(N3CCOC[C@H]3C)cc(=O)n2CC[C@H]1C(F)(F)F.O=c1ccnc[nH]1. The molecule has 4 heterocycles. The maximum atomic E-state index is 13.5. The van der Waals surface area contributed by atoms with Gasteiger partial charge in [0.1, 0.15) is 17.6 Å². The number of rotatable bonds is 3. The molecule has 180 valence electrons. The molecular weight excluding hydrogens is 445 g/mol. The van der Waals surface area contributed by atoms with Gasteiger partial charge in [0, 0.05) is 31.4 Å². The number of carbonyl (C=O) groups is 1. The van der Waals surface area contributed by atoms with Gasteiger partial charge in [-0.3, -0.25) is 19.0 Å². The number of alkyl halides is 3. The molecule has 0 amide bonds. The molecule has 2 atom stereocenters. The molecule has 0 aromatic carbocycles. The molecule has 0 spiro atoms. The molecule has 2 aromatic heterocycles. The van der Waals surface area contributed by atoms with Crippen molar-refractivity contribution in [3.63, 3.8) is 0 Å². The first-order valence-corrected chi connectivity index (χ1v) is 10.4. The van der Waals surface area contributed by atoms with E-state index in [2.05, 4.69) is 15.0 Å². The Morgan fingerprint density at radius 2 is 2.06 bits per heavy atom. The summed E-state index contributed by atoms with van der Waals surface area (Å²) in [6.45, 7) is 3.97. The third-order valence-electron chi connectivity index (χ3n) is 5.26. The van der Waals surface area contributed by atoms with Crippen LogP contribution < -0.4 is 20.9 Å². The lowest BCUT2D eigenvalue weighted by Crippen LogP contribution is -2.54. The Morgan fingerprint density at radius 1 is 1.30 bits per heavy atom. The number of ketones is 1. The minimum atomic E-state index is -4.51. The molecule has 2 aromatic rings. The fourth-order valence-corrected chi connectivity index (χ4v) is 3.74. The lowest BCUT2D eigenvalue weighted by molar-refractivity contribution is -0.153. The molecule has 33 heavy (non-hydrogen) atoms. The number of H-pyrrole nitrogens is 1. The van der Waals surface area contributed by atoms with Gasteiger partial charge in [-0.15, -0.1) is 0 Å². The predicted octanol–water partition coefficient (Wildman–Crippen LogP) is 0.968. The van der Waals surface area contributed by atoms with E-state index in [4.69, 9.17) is 4.74 Å². The molecule has 0 unspecified atom stereocenters. The highest BCUT2D eigenvalue weighted by Gasteiger charge is 2.47. The zero-order valence-corrected chi connectivity index (χ0v) is 18.2. The van der Waals surface area contributed by atoms with Gasteiger partial charge in [-0.25, -0.2) is 4.98 Å². The van der Waals surface area contributed by atoms with Crippen molar-refractivity contribution in [1.29, 1.82) is 0 Å². The Hall–Kier alpha value is -3.22. The quantitative estimate of drug-likeness (QED) is 0.706. The number of hydrogen-bond donors (Lipinski definition) is 1. The predicted molar refractivity (Wildman–Crippen MR) is 113 cm³/mol. The largest absolute Gasteiger partial charge is 0.408 e. The molecule has 2 aliphatic rings. The average Bonchev–Trinajstić information content (AvgIpc) is 2.74. The van der Waals surface area contributed by atoms with Gasteiger partial charge in [0.2, 0.25) is 5.95 Å². The van der Waals surface area contributed by atoms with Crippen LogP contribution in [0.3, 0.4) is 0 Å². The Morgan fingerprint density at radius 3 is 2.61 bits per heavy atom. The van der Waals surface area contributed by atoms with Crippen LogP contribution in [0, 0.1) is 0 Å². The van der Waals surface area contributed by atoms with Crippen LogP contribution in [0.2, 0.25) is 0 Å². The zero-order chi connectivity index (χ0) is 24.2. The number of fused-ring (bicyclic) bond motifs is 1. The van der Waals surface area contributed by atoms with Gasteiger partial charge < -0.3 is 19.5 Å². The molecule has 2 aliphatic heterocycles. The first-order valence-electron chi connectivity index (χ1n) is 10.4. The van der Waals surface area contributed by atoms with E-state index in [1.807, 2.05) is 11.8 Å². The van der Waals surface area contributed by atoms with E-state index in [9.17, 15) is 27.6 Å². The number of aromatic amines is 1. The van der Waals surface area contributed by atoms with Crippen LogP contribution in [0.4, 0.5) is 24.9 Å². The standard InChI is InChI=1S/C16H21F3N4O3.C4H4N2O/c1-10-9-26-6-5-21(10)13-7-14(25)22-4-3-12(16(17,18)19)23(8-11(2)24)15(22)20-13;7-4-1-2-5-3-6-4/h7,10,12H,3-6,8-9H2,1-2H3;1-3H,(H,5,6,7)/t10-,12+;/m1./s1. The van der Waals surface area contributed by atoms with Crippen LogP contribution in [-0.4, -0.2) is 69.9 Å². The molecule has 1 saturated heterocycles. The summed E-state index contributed by atoms with van der Waals surface area (Å²) in [5.74, 6) is -0.213. The topological polar surface area (TPSA) is 113 Å². The molecule has 1 fully saturated rings. The van der Waals surface area contributed by atoms with Crippen molar-refractivity contribution in [2.24, 2.45) is 0 Å². The van der Waals surface area contributed by atoms with Gasteiger partial charge in [0.15, 0.2) is 0 Å². The molecule has 10 nitrogen and oxygen atoms in total.